The summed E-state index contributed by atoms with van der Waals surface area (Å²) in [5.74, 6) is -0.437. The van der Waals surface area contributed by atoms with Crippen molar-refractivity contribution in [2.45, 2.75) is 256 Å². The van der Waals surface area contributed by atoms with E-state index in [1.54, 1.807) is 6.08 Å². The Morgan fingerprint density at radius 2 is 0.891 bits per heavy atom. The Bertz CT molecular complexity index is 1160. The molecule has 1 fully saturated rings. The lowest BCUT2D eigenvalue weighted by Gasteiger charge is -2.39. The van der Waals surface area contributed by atoms with Crippen molar-refractivity contribution in [2.75, 3.05) is 26.4 Å². The number of rotatable bonds is 45. The Balaban J connectivity index is 2.18. The van der Waals surface area contributed by atoms with Gasteiger partial charge < -0.3 is 39.4 Å². The van der Waals surface area contributed by atoms with Gasteiger partial charge in [0.05, 0.1) is 26.2 Å². The number of ether oxygens (including phenoxy) is 4. The average molecular weight is 903 g/mol. The van der Waals surface area contributed by atoms with Gasteiger partial charge in [-0.1, -0.05) is 235 Å². The van der Waals surface area contributed by atoms with Crippen molar-refractivity contribution in [3.8, 4) is 0 Å². The molecule has 1 heterocycles. The van der Waals surface area contributed by atoms with Gasteiger partial charge >= 0.3 is 5.97 Å². The molecule has 1 aliphatic rings. The lowest BCUT2D eigenvalue weighted by molar-refractivity contribution is -0.305. The molecule has 0 aromatic heterocycles. The maximum absolute atomic E-state index is 12.7. The van der Waals surface area contributed by atoms with E-state index in [1.165, 1.54) is 154 Å². The van der Waals surface area contributed by atoms with Gasteiger partial charge in [-0.05, 0) is 38.5 Å². The van der Waals surface area contributed by atoms with Gasteiger partial charge in [0.2, 0.25) is 0 Å². The highest BCUT2D eigenvalue weighted by molar-refractivity contribution is 5.71. The zero-order valence-corrected chi connectivity index (χ0v) is 41.0. The van der Waals surface area contributed by atoms with Gasteiger partial charge in [-0.2, -0.15) is 0 Å². The van der Waals surface area contributed by atoms with E-state index in [0.29, 0.717) is 13.0 Å². The predicted molar refractivity (Wildman–Crippen MR) is 265 cm³/mol. The highest BCUT2D eigenvalue weighted by atomic mass is 16.7. The van der Waals surface area contributed by atoms with Crippen molar-refractivity contribution in [3.05, 3.63) is 60.8 Å². The minimum absolute atomic E-state index is 0.0869. The molecule has 0 bridgehead atoms. The Morgan fingerprint density at radius 3 is 1.30 bits per heavy atom. The van der Waals surface area contributed by atoms with Crippen LogP contribution in [0.2, 0.25) is 0 Å². The molecular formula is C55H98O9. The summed E-state index contributed by atoms with van der Waals surface area (Å²) >= 11 is 0. The van der Waals surface area contributed by atoms with Crippen LogP contribution in [-0.4, -0.2) is 89.6 Å². The van der Waals surface area contributed by atoms with Crippen LogP contribution in [0.15, 0.2) is 60.8 Å². The van der Waals surface area contributed by atoms with Crippen molar-refractivity contribution in [3.63, 3.8) is 0 Å². The molecule has 0 aromatic carbocycles. The molecule has 0 amide bonds. The molecule has 1 rings (SSSR count). The topological polar surface area (TPSA) is 135 Å². The van der Waals surface area contributed by atoms with Crippen LogP contribution >= 0.6 is 0 Å². The maximum atomic E-state index is 12.7. The number of carbonyl (C=O) groups excluding carboxylic acids is 1. The third-order valence-electron chi connectivity index (χ3n) is 12.0. The summed E-state index contributed by atoms with van der Waals surface area (Å²) in [6.07, 6.45) is 53.1. The van der Waals surface area contributed by atoms with Gasteiger partial charge in [0, 0.05) is 6.61 Å². The zero-order valence-electron chi connectivity index (χ0n) is 41.0. The molecule has 1 aliphatic heterocycles. The Labute approximate surface area is 392 Å². The summed E-state index contributed by atoms with van der Waals surface area (Å²) in [4.78, 5) is 12.7. The Kier molecular flexibility index (Phi) is 43.1. The van der Waals surface area contributed by atoms with Gasteiger partial charge in [0.1, 0.15) is 30.5 Å². The van der Waals surface area contributed by atoms with Crippen molar-refractivity contribution in [2.24, 2.45) is 0 Å². The lowest BCUT2D eigenvalue weighted by atomic mass is 9.99. The molecule has 64 heavy (non-hydrogen) atoms. The fourth-order valence-corrected chi connectivity index (χ4v) is 7.92. The summed E-state index contributed by atoms with van der Waals surface area (Å²) < 4.78 is 22.8. The first-order valence-electron chi connectivity index (χ1n) is 26.4. The minimum atomic E-state index is -1.55. The average Bonchev–Trinajstić information content (AvgIpc) is 3.30. The molecule has 0 aromatic rings. The first-order valence-corrected chi connectivity index (χ1v) is 26.4. The summed E-state index contributed by atoms with van der Waals surface area (Å²) in [7, 11) is 0. The Morgan fingerprint density at radius 1 is 0.500 bits per heavy atom. The molecule has 4 N–H and O–H groups in total. The van der Waals surface area contributed by atoms with E-state index in [4.69, 9.17) is 18.9 Å². The number of hydrogen-bond acceptors (Lipinski definition) is 9. The highest BCUT2D eigenvalue weighted by Gasteiger charge is 2.44. The summed E-state index contributed by atoms with van der Waals surface area (Å²) in [5, 5.41) is 40.2. The standard InChI is InChI=1S/C55H98O9/c1-3-5-7-9-11-13-15-17-19-20-21-22-23-24-25-26-27-28-29-31-33-35-37-39-41-43-45-61-47-49(48-62-55-54(60)53(59)52(58)50(46-56)64-55)63-51(57)44-42-40-38-36-34-32-30-18-16-14-12-10-8-6-4-2/h6,8,12,14,18,30,34,36,40,42,49-50,52-56,58-60H,3-5,7,9-11,13,15-17,19-29,31-33,35,37-39,41,43-48H2,1-2H3/b8-6-,14-12-,30-18-,36-34-,42-40-. The number of aliphatic hydroxyl groups is 4. The fourth-order valence-electron chi connectivity index (χ4n) is 7.92. The Hall–Kier alpha value is -2.11. The number of hydrogen-bond donors (Lipinski definition) is 4. The number of allylic oxidation sites excluding steroid dienone is 9. The molecule has 372 valence electrons. The second kappa shape index (κ2) is 46.0. The third-order valence-corrected chi connectivity index (χ3v) is 12.0. The molecule has 6 atom stereocenters. The van der Waals surface area contributed by atoms with E-state index in [1.807, 2.05) is 6.08 Å². The largest absolute Gasteiger partial charge is 0.457 e. The summed E-state index contributed by atoms with van der Waals surface area (Å²) in [6.45, 7) is 4.35. The van der Waals surface area contributed by atoms with Gasteiger partial charge in [0.15, 0.2) is 6.29 Å². The van der Waals surface area contributed by atoms with Gasteiger partial charge in [0.25, 0.3) is 0 Å². The third kappa shape index (κ3) is 36.1. The van der Waals surface area contributed by atoms with Crippen LogP contribution in [0, 0.1) is 0 Å². The van der Waals surface area contributed by atoms with Gasteiger partial charge in [-0.15, -0.1) is 0 Å². The summed E-state index contributed by atoms with van der Waals surface area (Å²) in [6, 6.07) is 0. The van der Waals surface area contributed by atoms with Gasteiger partial charge in [-0.25, -0.2) is 0 Å². The molecular weight excluding hydrogens is 805 g/mol. The van der Waals surface area contributed by atoms with E-state index in [2.05, 4.69) is 62.5 Å². The highest BCUT2D eigenvalue weighted by Crippen LogP contribution is 2.23. The molecule has 6 unspecified atom stereocenters. The number of carbonyl (C=O) groups is 1. The van der Waals surface area contributed by atoms with Crippen molar-refractivity contribution >= 4 is 5.97 Å². The number of unbranched alkanes of at least 4 members (excludes halogenated alkanes) is 25. The number of aliphatic hydroxyl groups excluding tert-OH is 4. The smallest absolute Gasteiger partial charge is 0.310 e. The molecule has 9 nitrogen and oxygen atoms in total. The summed E-state index contributed by atoms with van der Waals surface area (Å²) in [5.41, 5.74) is 0. The van der Waals surface area contributed by atoms with E-state index in [-0.39, 0.29) is 19.6 Å². The SMILES string of the molecule is CC/C=C\C/C=C\C/C=C\C/C=C\C/C=C\CC(=O)OC(COCCCCCCCCCCCCCCCCCCCCCCCCCCCC)COC1OC(CO)C(O)C(O)C1O. The minimum Gasteiger partial charge on any atom is -0.457 e. The van der Waals surface area contributed by atoms with Crippen molar-refractivity contribution in [1.29, 1.82) is 0 Å². The van der Waals surface area contributed by atoms with Crippen LogP contribution in [-0.2, 0) is 23.7 Å². The van der Waals surface area contributed by atoms with Crippen LogP contribution in [0.5, 0.6) is 0 Å². The van der Waals surface area contributed by atoms with Crippen LogP contribution in [0.3, 0.4) is 0 Å². The van der Waals surface area contributed by atoms with Crippen molar-refractivity contribution in [1.82, 2.24) is 0 Å². The second-order valence-electron chi connectivity index (χ2n) is 18.0. The first kappa shape index (κ1) is 59.9. The lowest BCUT2D eigenvalue weighted by Crippen LogP contribution is -2.59. The van der Waals surface area contributed by atoms with E-state index < -0.39 is 49.4 Å². The van der Waals surface area contributed by atoms with Crippen LogP contribution < -0.4 is 0 Å². The van der Waals surface area contributed by atoms with Gasteiger partial charge in [-0.3, -0.25) is 4.79 Å². The molecule has 9 heteroatoms. The quantitative estimate of drug-likeness (QED) is 0.0268. The number of esters is 1. The first-order chi connectivity index (χ1) is 31.4. The molecule has 0 aliphatic carbocycles. The second-order valence-corrected chi connectivity index (χ2v) is 18.0. The van der Waals surface area contributed by atoms with E-state index >= 15 is 0 Å². The maximum Gasteiger partial charge on any atom is 0.310 e. The normalized spacial score (nSPS) is 20.0. The monoisotopic (exact) mass is 903 g/mol. The van der Waals surface area contributed by atoms with Crippen molar-refractivity contribution < 1.29 is 44.2 Å². The van der Waals surface area contributed by atoms with E-state index in [9.17, 15) is 25.2 Å². The molecule has 0 spiro atoms. The van der Waals surface area contributed by atoms with Crippen LogP contribution in [0.25, 0.3) is 0 Å². The fraction of sp³-hybridized carbons (Fsp3) is 0.800. The van der Waals surface area contributed by atoms with E-state index in [0.717, 1.165) is 38.5 Å². The molecule has 1 saturated heterocycles. The molecule has 0 saturated carbocycles. The molecule has 0 radical (unpaired) electrons. The van der Waals surface area contributed by atoms with Crippen LogP contribution in [0.1, 0.15) is 219 Å². The zero-order chi connectivity index (χ0) is 46.4. The predicted octanol–water partition coefficient (Wildman–Crippen LogP) is 13.0. The van der Waals surface area contributed by atoms with Crippen LogP contribution in [0.4, 0.5) is 0 Å².